The highest BCUT2D eigenvalue weighted by Gasteiger charge is 2.65. The summed E-state index contributed by atoms with van der Waals surface area (Å²) in [5, 5.41) is 27.6. The maximum Gasteiger partial charge on any atom is 0.343 e. The molecule has 0 amide bonds. The van der Waals surface area contributed by atoms with Crippen molar-refractivity contribution >= 4 is 16.2 Å². The number of hydrogen-bond donors (Lipinski definition) is 3. The summed E-state index contributed by atoms with van der Waals surface area (Å²) in [6.07, 6.45) is 0. The van der Waals surface area contributed by atoms with Crippen LogP contribution in [0, 0.1) is 0 Å². The van der Waals surface area contributed by atoms with Gasteiger partial charge >= 0.3 is 16.2 Å². The van der Waals surface area contributed by atoms with Gasteiger partial charge in [0.1, 0.15) is 10.6 Å². The number of rotatable bonds is 3. The third-order valence-electron chi connectivity index (χ3n) is 2.79. The maximum atomic E-state index is 12.5. The Morgan fingerprint density at radius 3 is 1.75 bits per heavy atom. The standard InChI is InChI=1S/C13H9F5O5S/c14-24(15,16,17,18)9-3-1-8(2-4-9)23-13(22)7-5-10(19)12(21)11(20)6-7/h1-6,19-21H. The van der Waals surface area contributed by atoms with Gasteiger partial charge in [0.05, 0.1) is 5.56 Å². The lowest BCUT2D eigenvalue weighted by Gasteiger charge is -2.40. The summed E-state index contributed by atoms with van der Waals surface area (Å²) < 4.78 is 67.4. The van der Waals surface area contributed by atoms with Gasteiger partial charge in [-0.25, -0.2) is 4.79 Å². The number of halogens is 5. The molecule has 0 aliphatic carbocycles. The van der Waals surface area contributed by atoms with Crippen molar-refractivity contribution in [2.75, 3.05) is 0 Å². The molecule has 0 fully saturated rings. The number of aromatic hydroxyl groups is 3. The number of esters is 1. The van der Waals surface area contributed by atoms with Crippen molar-refractivity contribution in [1.29, 1.82) is 0 Å². The zero-order chi connectivity index (χ0) is 18.4. The fourth-order valence-electron chi connectivity index (χ4n) is 1.65. The molecule has 5 nitrogen and oxygen atoms in total. The molecule has 0 spiro atoms. The topological polar surface area (TPSA) is 87.0 Å². The first-order valence-electron chi connectivity index (χ1n) is 5.98. The van der Waals surface area contributed by atoms with Gasteiger partial charge in [0.25, 0.3) is 0 Å². The van der Waals surface area contributed by atoms with Crippen molar-refractivity contribution in [3.63, 3.8) is 0 Å². The van der Waals surface area contributed by atoms with Crippen molar-refractivity contribution in [1.82, 2.24) is 0 Å². The van der Waals surface area contributed by atoms with Crippen LogP contribution in [0.1, 0.15) is 10.4 Å². The van der Waals surface area contributed by atoms with Crippen molar-refractivity contribution in [3.05, 3.63) is 42.0 Å². The Kier molecular flexibility index (Phi) is 3.43. The van der Waals surface area contributed by atoms with Crippen molar-refractivity contribution < 1.29 is 44.3 Å². The summed E-state index contributed by atoms with van der Waals surface area (Å²) in [6, 6.07) is 2.64. The van der Waals surface area contributed by atoms with Gasteiger partial charge in [0, 0.05) is 0 Å². The van der Waals surface area contributed by atoms with Crippen LogP contribution in [0.2, 0.25) is 0 Å². The van der Waals surface area contributed by atoms with E-state index in [1.807, 2.05) is 0 Å². The fourth-order valence-corrected chi connectivity index (χ4v) is 2.30. The summed E-state index contributed by atoms with van der Waals surface area (Å²) in [5.41, 5.74) is -0.431. The van der Waals surface area contributed by atoms with Crippen LogP contribution in [0.15, 0.2) is 41.3 Å². The van der Waals surface area contributed by atoms with Gasteiger partial charge in [-0.1, -0.05) is 19.4 Å². The summed E-state index contributed by atoms with van der Waals surface area (Å²) in [4.78, 5) is 9.60. The molecule has 0 atom stereocenters. The molecule has 0 aliphatic rings. The van der Waals surface area contributed by atoms with Gasteiger partial charge in [-0.2, -0.15) is 0 Å². The number of benzene rings is 2. The third kappa shape index (κ3) is 3.79. The Morgan fingerprint density at radius 2 is 1.33 bits per heavy atom. The second-order valence-electron chi connectivity index (χ2n) is 4.69. The average molecular weight is 372 g/mol. The van der Waals surface area contributed by atoms with Gasteiger partial charge in [-0.3, -0.25) is 0 Å². The van der Waals surface area contributed by atoms with Gasteiger partial charge in [-0.05, 0) is 36.4 Å². The second kappa shape index (κ2) is 4.66. The molecule has 2 aromatic rings. The van der Waals surface area contributed by atoms with Crippen LogP contribution in [0.4, 0.5) is 19.4 Å². The maximum absolute atomic E-state index is 12.5. The lowest BCUT2D eigenvalue weighted by molar-refractivity contribution is 0.0733. The molecule has 0 bridgehead atoms. The fraction of sp³-hybridized carbons (Fsp3) is 0. The molecular weight excluding hydrogens is 363 g/mol. The van der Waals surface area contributed by atoms with E-state index in [1.165, 1.54) is 0 Å². The second-order valence-corrected chi connectivity index (χ2v) is 7.10. The normalized spacial score (nSPS) is 14.5. The zero-order valence-electron chi connectivity index (χ0n) is 11.4. The quantitative estimate of drug-likeness (QED) is 0.315. The van der Waals surface area contributed by atoms with Crippen LogP contribution in [-0.2, 0) is 0 Å². The summed E-state index contributed by atoms with van der Waals surface area (Å²) in [5.74, 6) is -4.23. The molecule has 0 aliphatic heterocycles. The van der Waals surface area contributed by atoms with E-state index in [2.05, 4.69) is 4.74 Å². The van der Waals surface area contributed by atoms with Crippen molar-refractivity contribution in [2.45, 2.75) is 4.90 Å². The Bertz CT molecular complexity index is 794. The van der Waals surface area contributed by atoms with Crippen LogP contribution >= 0.6 is 10.2 Å². The van der Waals surface area contributed by atoms with E-state index in [9.17, 15) is 34.4 Å². The van der Waals surface area contributed by atoms with E-state index in [0.29, 0.717) is 12.1 Å². The number of carbonyl (C=O) groups is 1. The molecule has 2 aromatic carbocycles. The van der Waals surface area contributed by atoms with Gasteiger partial charge < -0.3 is 20.1 Å². The minimum absolute atomic E-state index is 0.0654. The van der Waals surface area contributed by atoms with E-state index in [0.717, 1.165) is 12.1 Å². The number of phenols is 3. The summed E-state index contributed by atoms with van der Waals surface area (Å²) in [7, 11) is -9.82. The van der Waals surface area contributed by atoms with Gasteiger partial charge in [-0.15, -0.1) is 0 Å². The van der Waals surface area contributed by atoms with Crippen LogP contribution in [0.3, 0.4) is 0 Å². The molecule has 0 saturated carbocycles. The highest BCUT2D eigenvalue weighted by molar-refractivity contribution is 8.45. The minimum Gasteiger partial charge on any atom is -0.504 e. The molecule has 3 N–H and O–H groups in total. The van der Waals surface area contributed by atoms with Crippen LogP contribution in [0.25, 0.3) is 0 Å². The SMILES string of the molecule is O=C(Oc1ccc(S(F)(F)(F)(F)F)cc1)c1cc(O)c(O)c(O)c1. The first-order chi connectivity index (χ1) is 10.7. The van der Waals surface area contributed by atoms with Crippen molar-refractivity contribution in [2.24, 2.45) is 0 Å². The lowest BCUT2D eigenvalue weighted by atomic mass is 10.2. The Hall–Kier alpha value is -2.69. The number of carbonyl (C=O) groups excluding carboxylic acids is 1. The van der Waals surface area contributed by atoms with Crippen molar-refractivity contribution in [3.8, 4) is 23.0 Å². The smallest absolute Gasteiger partial charge is 0.343 e. The monoisotopic (exact) mass is 372 g/mol. The van der Waals surface area contributed by atoms with E-state index >= 15 is 0 Å². The Balaban J connectivity index is 2.25. The average Bonchev–Trinajstić information content (AvgIpc) is 2.42. The molecule has 0 unspecified atom stereocenters. The molecular formula is C13H9F5O5S. The lowest BCUT2D eigenvalue weighted by Crippen LogP contribution is -2.09. The Morgan fingerprint density at radius 1 is 0.875 bits per heavy atom. The summed E-state index contributed by atoms with van der Waals surface area (Å²) >= 11 is 0. The first kappa shape index (κ1) is 17.7. The molecule has 0 aromatic heterocycles. The van der Waals surface area contributed by atoms with E-state index < -0.39 is 49.7 Å². The van der Waals surface area contributed by atoms with E-state index in [4.69, 9.17) is 5.11 Å². The largest absolute Gasteiger partial charge is 0.504 e. The number of phenolic OH excluding ortho intramolecular Hbond substituents is 3. The van der Waals surface area contributed by atoms with Crippen LogP contribution in [0.5, 0.6) is 23.0 Å². The van der Waals surface area contributed by atoms with Gasteiger partial charge in [0.15, 0.2) is 17.2 Å². The molecule has 0 saturated heterocycles. The molecule has 132 valence electrons. The van der Waals surface area contributed by atoms with Crippen LogP contribution < -0.4 is 4.74 Å². The molecule has 0 heterocycles. The number of ether oxygens (including phenoxy) is 1. The van der Waals surface area contributed by atoms with E-state index in [1.54, 1.807) is 0 Å². The number of hydrogen-bond acceptors (Lipinski definition) is 5. The van der Waals surface area contributed by atoms with E-state index in [-0.39, 0.29) is 12.1 Å². The highest BCUT2D eigenvalue weighted by Crippen LogP contribution is 3.02. The predicted octanol–water partition coefficient (Wildman–Crippen LogP) is 4.68. The molecule has 24 heavy (non-hydrogen) atoms. The third-order valence-corrected chi connectivity index (χ3v) is 3.95. The summed E-state index contributed by atoms with van der Waals surface area (Å²) in [6.45, 7) is 0. The molecule has 0 radical (unpaired) electrons. The molecule has 2 rings (SSSR count). The zero-order valence-corrected chi connectivity index (χ0v) is 12.2. The minimum atomic E-state index is -9.82. The predicted molar refractivity (Wildman–Crippen MR) is 74.2 cm³/mol. The molecule has 11 heteroatoms. The van der Waals surface area contributed by atoms with Crippen LogP contribution in [-0.4, -0.2) is 21.3 Å². The highest BCUT2D eigenvalue weighted by atomic mass is 32.5. The first-order valence-corrected chi connectivity index (χ1v) is 7.94. The Labute approximate surface area is 131 Å². The van der Waals surface area contributed by atoms with Gasteiger partial charge in [0.2, 0.25) is 0 Å².